The fourth-order valence-electron chi connectivity index (χ4n) is 2.79. The molecule has 0 bridgehead atoms. The van der Waals surface area contributed by atoms with Crippen molar-refractivity contribution in [2.24, 2.45) is 10.2 Å². The Kier molecular flexibility index (Phi) is 11.8. The van der Waals surface area contributed by atoms with Crippen molar-refractivity contribution >= 4 is 23.9 Å². The number of hydrogen-bond acceptors (Lipinski definition) is 8. The highest BCUT2D eigenvalue weighted by Crippen LogP contribution is 2.11. The third-order valence-corrected chi connectivity index (χ3v) is 5.39. The molecule has 1 N–H and O–H groups in total. The van der Waals surface area contributed by atoms with Crippen LogP contribution < -0.4 is 10.1 Å². The molecule has 2 rings (SSSR count). The van der Waals surface area contributed by atoms with E-state index in [0.717, 1.165) is 36.6 Å². The van der Waals surface area contributed by atoms with E-state index < -0.39 is 0 Å². The molecule has 1 atom stereocenters. The van der Waals surface area contributed by atoms with Crippen molar-refractivity contribution < 1.29 is 9.47 Å². The lowest BCUT2D eigenvalue weighted by Gasteiger charge is -2.25. The summed E-state index contributed by atoms with van der Waals surface area (Å²) in [6.45, 7) is 2.57. The number of benzene rings is 1. The first-order chi connectivity index (χ1) is 15.1. The number of para-hydroxylation sites is 1. The molecule has 170 valence electrons. The highest BCUT2D eigenvalue weighted by atomic mass is 32.2. The van der Waals surface area contributed by atoms with Gasteiger partial charge in [0.2, 0.25) is 5.90 Å². The van der Waals surface area contributed by atoms with Gasteiger partial charge in [0, 0.05) is 32.1 Å². The predicted octanol–water partition coefficient (Wildman–Crippen LogP) is 3.08. The van der Waals surface area contributed by atoms with E-state index in [9.17, 15) is 0 Å². The highest BCUT2D eigenvalue weighted by molar-refractivity contribution is 7.99. The first-order valence-electron chi connectivity index (χ1n) is 10.5. The molecule has 1 unspecified atom stereocenters. The van der Waals surface area contributed by atoms with Gasteiger partial charge in [-0.2, -0.15) is 5.10 Å². The summed E-state index contributed by atoms with van der Waals surface area (Å²) < 4.78 is 11.0. The standard InChI is InChI=1S/C23H35N5O2S/c1-27(2)14-13-24-22-12-8-9-20(18-28(22)3)17-25-26-23(29-4)19-31-16-15-30-21-10-6-5-7-11-21/h5-8,10-12,17-18,22,24H,9,13-16,19H2,1-4H3/b25-17+,26-23-. The maximum Gasteiger partial charge on any atom is 0.218 e. The van der Waals surface area contributed by atoms with Gasteiger partial charge in [0.25, 0.3) is 0 Å². The smallest absolute Gasteiger partial charge is 0.218 e. The number of nitrogens with one attached hydrogen (secondary N) is 1. The van der Waals surface area contributed by atoms with E-state index in [-0.39, 0.29) is 6.17 Å². The predicted molar refractivity (Wildman–Crippen MR) is 132 cm³/mol. The monoisotopic (exact) mass is 445 g/mol. The Balaban J connectivity index is 1.75. The second kappa shape index (κ2) is 14.7. The Morgan fingerprint density at radius 2 is 2.13 bits per heavy atom. The van der Waals surface area contributed by atoms with Crippen LogP contribution in [-0.4, -0.2) is 87.5 Å². The van der Waals surface area contributed by atoms with Crippen molar-refractivity contribution in [2.45, 2.75) is 12.6 Å². The number of likely N-dealkylation sites (N-methyl/N-ethyl adjacent to an activating group) is 2. The fraction of sp³-hybridized carbons (Fsp3) is 0.478. The van der Waals surface area contributed by atoms with Crippen molar-refractivity contribution in [2.75, 3.05) is 59.5 Å². The lowest BCUT2D eigenvalue weighted by Crippen LogP contribution is -2.42. The molecule has 0 spiro atoms. The number of rotatable bonds is 12. The Labute approximate surface area is 190 Å². The van der Waals surface area contributed by atoms with Gasteiger partial charge in [0.15, 0.2) is 0 Å². The van der Waals surface area contributed by atoms with Crippen LogP contribution >= 0.6 is 11.8 Å². The molecule has 1 aromatic carbocycles. The van der Waals surface area contributed by atoms with Gasteiger partial charge >= 0.3 is 0 Å². The molecule has 1 aliphatic rings. The molecule has 1 aliphatic heterocycles. The van der Waals surface area contributed by atoms with Crippen molar-refractivity contribution in [3.63, 3.8) is 0 Å². The largest absolute Gasteiger partial charge is 0.493 e. The van der Waals surface area contributed by atoms with Crippen LogP contribution in [-0.2, 0) is 4.74 Å². The molecule has 8 heteroatoms. The minimum atomic E-state index is 0.179. The molecule has 1 aromatic rings. The molecule has 0 amide bonds. The number of ether oxygens (including phenoxy) is 2. The van der Waals surface area contributed by atoms with Gasteiger partial charge in [-0.1, -0.05) is 30.4 Å². The van der Waals surface area contributed by atoms with Crippen LogP contribution in [0.2, 0.25) is 0 Å². The first-order valence-corrected chi connectivity index (χ1v) is 11.6. The zero-order valence-corrected chi connectivity index (χ0v) is 19.8. The number of hydrogen-bond donors (Lipinski definition) is 1. The van der Waals surface area contributed by atoms with Gasteiger partial charge in [0.05, 0.1) is 31.8 Å². The number of thioether (sulfide) groups is 1. The molecule has 0 fully saturated rings. The topological polar surface area (TPSA) is 61.7 Å². The molecule has 31 heavy (non-hydrogen) atoms. The van der Waals surface area contributed by atoms with E-state index in [1.807, 2.05) is 30.3 Å². The van der Waals surface area contributed by atoms with E-state index >= 15 is 0 Å². The van der Waals surface area contributed by atoms with Crippen LogP contribution in [0.25, 0.3) is 0 Å². The summed E-state index contributed by atoms with van der Waals surface area (Å²) >= 11 is 1.70. The van der Waals surface area contributed by atoms with Crippen LogP contribution in [0.5, 0.6) is 5.75 Å². The van der Waals surface area contributed by atoms with Crippen LogP contribution in [0, 0.1) is 0 Å². The van der Waals surface area contributed by atoms with Crippen molar-refractivity contribution in [3.8, 4) is 5.75 Å². The molecule has 0 aromatic heterocycles. The SMILES string of the molecule is CO/C(CSCCOc1ccccc1)=N\N=C\C1=CN(C)C(NCCN(C)C)C=CC1. The zero-order valence-electron chi connectivity index (χ0n) is 19.0. The van der Waals surface area contributed by atoms with E-state index in [1.165, 1.54) is 0 Å². The Morgan fingerprint density at radius 3 is 2.87 bits per heavy atom. The first kappa shape index (κ1) is 25.0. The average Bonchev–Trinajstić information content (AvgIpc) is 2.93. The van der Waals surface area contributed by atoms with Crippen molar-refractivity contribution in [1.29, 1.82) is 0 Å². The summed E-state index contributed by atoms with van der Waals surface area (Å²) in [6, 6.07) is 9.83. The Bertz CT molecular complexity index is 750. The van der Waals surface area contributed by atoms with Gasteiger partial charge in [-0.05, 0) is 38.2 Å². The van der Waals surface area contributed by atoms with Gasteiger partial charge in [-0.15, -0.1) is 16.9 Å². The molecule has 0 saturated heterocycles. The summed E-state index contributed by atoms with van der Waals surface area (Å²) in [5, 5.41) is 12.0. The average molecular weight is 446 g/mol. The molecular weight excluding hydrogens is 410 g/mol. The number of methoxy groups -OCH3 is 1. The molecule has 7 nitrogen and oxygen atoms in total. The molecule has 0 aliphatic carbocycles. The van der Waals surface area contributed by atoms with E-state index in [0.29, 0.717) is 18.3 Å². The second-order valence-corrected chi connectivity index (χ2v) is 8.47. The quantitative estimate of drug-likeness (QED) is 0.175. The number of nitrogens with zero attached hydrogens (tertiary/aromatic N) is 4. The summed E-state index contributed by atoms with van der Waals surface area (Å²) in [5.74, 6) is 2.99. The molecular formula is C23H35N5O2S. The van der Waals surface area contributed by atoms with Crippen LogP contribution in [0.3, 0.4) is 0 Å². The Hall–Kier alpha value is -2.29. The van der Waals surface area contributed by atoms with Gasteiger partial charge < -0.3 is 19.3 Å². The van der Waals surface area contributed by atoms with E-state index in [2.05, 4.69) is 64.8 Å². The summed E-state index contributed by atoms with van der Waals surface area (Å²) in [4.78, 5) is 4.32. The lowest BCUT2D eigenvalue weighted by atomic mass is 10.2. The lowest BCUT2D eigenvalue weighted by molar-refractivity contribution is 0.308. The maximum atomic E-state index is 5.69. The summed E-state index contributed by atoms with van der Waals surface area (Å²) in [7, 11) is 7.85. The fourth-order valence-corrected chi connectivity index (χ4v) is 3.48. The van der Waals surface area contributed by atoms with Crippen LogP contribution in [0.15, 0.2) is 64.5 Å². The maximum absolute atomic E-state index is 5.69. The zero-order chi connectivity index (χ0) is 22.3. The molecule has 0 radical (unpaired) electrons. The van der Waals surface area contributed by atoms with Crippen molar-refractivity contribution in [3.05, 3.63) is 54.3 Å². The summed E-state index contributed by atoms with van der Waals surface area (Å²) in [5.41, 5.74) is 1.10. The van der Waals surface area contributed by atoms with E-state index in [4.69, 9.17) is 9.47 Å². The van der Waals surface area contributed by atoms with Gasteiger partial charge in [-0.3, -0.25) is 5.32 Å². The summed E-state index contributed by atoms with van der Waals surface area (Å²) in [6.07, 6.45) is 9.25. The minimum absolute atomic E-state index is 0.179. The number of allylic oxidation sites excluding steroid dienone is 2. The minimum Gasteiger partial charge on any atom is -0.493 e. The van der Waals surface area contributed by atoms with Gasteiger partial charge in [-0.25, -0.2) is 0 Å². The molecule has 0 saturated carbocycles. The normalized spacial score (nSPS) is 17.2. The Morgan fingerprint density at radius 1 is 1.32 bits per heavy atom. The molecule has 1 heterocycles. The second-order valence-electron chi connectivity index (χ2n) is 7.36. The van der Waals surface area contributed by atoms with Crippen LogP contribution in [0.1, 0.15) is 6.42 Å². The third kappa shape index (κ3) is 10.5. The third-order valence-electron chi connectivity index (χ3n) is 4.49. The van der Waals surface area contributed by atoms with Crippen LogP contribution in [0.4, 0.5) is 0 Å². The van der Waals surface area contributed by atoms with E-state index in [1.54, 1.807) is 25.1 Å². The van der Waals surface area contributed by atoms with Crippen molar-refractivity contribution in [1.82, 2.24) is 15.1 Å². The highest BCUT2D eigenvalue weighted by Gasteiger charge is 2.11. The van der Waals surface area contributed by atoms with Gasteiger partial charge in [0.1, 0.15) is 5.75 Å².